The van der Waals surface area contributed by atoms with E-state index in [1.165, 1.54) is 0 Å². The molecule has 2 atom stereocenters. The normalized spacial score (nSPS) is 21.7. The fraction of sp³-hybridized carbons (Fsp3) is 0.562. The summed E-state index contributed by atoms with van der Waals surface area (Å²) in [7, 11) is 0. The Hall–Kier alpha value is -1.39. The molecule has 0 amide bonds. The van der Waals surface area contributed by atoms with E-state index in [1.807, 2.05) is 24.3 Å². The Morgan fingerprint density at radius 2 is 1.95 bits per heavy atom. The number of benzene rings is 1. The second kappa shape index (κ2) is 6.86. The van der Waals surface area contributed by atoms with E-state index in [1.54, 1.807) is 0 Å². The molecular formula is C16H23NO3. The van der Waals surface area contributed by atoms with E-state index in [0.717, 1.165) is 25.1 Å². The van der Waals surface area contributed by atoms with E-state index in [9.17, 15) is 4.79 Å². The molecule has 1 aliphatic heterocycles. The topological polar surface area (TPSA) is 49.8 Å². The summed E-state index contributed by atoms with van der Waals surface area (Å²) >= 11 is 0. The highest BCUT2D eigenvalue weighted by Crippen LogP contribution is 2.39. The van der Waals surface area contributed by atoms with Gasteiger partial charge in [0.15, 0.2) is 0 Å². The summed E-state index contributed by atoms with van der Waals surface area (Å²) in [6.07, 6.45) is 1.49. The van der Waals surface area contributed by atoms with Crippen LogP contribution in [0.4, 0.5) is 0 Å². The van der Waals surface area contributed by atoms with Crippen molar-refractivity contribution in [2.24, 2.45) is 0 Å². The molecular weight excluding hydrogens is 254 g/mol. The number of para-hydroxylation sites is 1. The third kappa shape index (κ3) is 2.86. The highest BCUT2D eigenvalue weighted by Gasteiger charge is 2.39. The molecule has 0 fully saturated rings. The molecule has 1 aromatic carbocycles. The van der Waals surface area contributed by atoms with Crippen LogP contribution < -0.4 is 4.74 Å². The van der Waals surface area contributed by atoms with Crippen LogP contribution >= 0.6 is 0 Å². The first-order valence-corrected chi connectivity index (χ1v) is 7.38. The number of carbonyl (C=O) groups is 1. The van der Waals surface area contributed by atoms with Crippen LogP contribution in [-0.2, 0) is 4.79 Å². The Kier molecular flexibility index (Phi) is 5.15. The Bertz CT molecular complexity index is 457. The second-order valence-corrected chi connectivity index (χ2v) is 5.10. The average molecular weight is 277 g/mol. The number of nitrogens with zero attached hydrogens (tertiary/aromatic N) is 1. The molecule has 0 radical (unpaired) electrons. The van der Waals surface area contributed by atoms with Gasteiger partial charge in [0.2, 0.25) is 0 Å². The molecule has 0 aliphatic carbocycles. The zero-order valence-electron chi connectivity index (χ0n) is 12.2. The van der Waals surface area contributed by atoms with Gasteiger partial charge in [-0.3, -0.25) is 4.90 Å². The smallest absolute Gasteiger partial charge is 0.329 e. The van der Waals surface area contributed by atoms with Gasteiger partial charge in [0.1, 0.15) is 11.8 Å². The van der Waals surface area contributed by atoms with Gasteiger partial charge >= 0.3 is 5.97 Å². The Labute approximate surface area is 120 Å². The molecule has 2 rings (SSSR count). The van der Waals surface area contributed by atoms with Gasteiger partial charge in [0.05, 0.1) is 0 Å². The second-order valence-electron chi connectivity index (χ2n) is 5.10. The van der Waals surface area contributed by atoms with Crippen molar-refractivity contribution in [1.29, 1.82) is 0 Å². The first kappa shape index (κ1) is 15.0. The number of hydrogen-bond donors (Lipinski definition) is 1. The molecule has 4 nitrogen and oxygen atoms in total. The quantitative estimate of drug-likeness (QED) is 0.639. The SMILES string of the molecule is CCN(CC)C1C(=O)Oc2ccccc2C1CCCO. The van der Waals surface area contributed by atoms with E-state index in [-0.39, 0.29) is 24.5 Å². The Morgan fingerprint density at radius 1 is 1.25 bits per heavy atom. The minimum atomic E-state index is -0.244. The molecule has 1 heterocycles. The summed E-state index contributed by atoms with van der Waals surface area (Å²) in [4.78, 5) is 14.5. The maximum atomic E-state index is 12.4. The lowest BCUT2D eigenvalue weighted by Gasteiger charge is -2.38. The molecule has 0 saturated carbocycles. The maximum absolute atomic E-state index is 12.4. The van der Waals surface area contributed by atoms with E-state index in [4.69, 9.17) is 9.84 Å². The van der Waals surface area contributed by atoms with E-state index >= 15 is 0 Å². The van der Waals surface area contributed by atoms with Crippen LogP contribution in [0.2, 0.25) is 0 Å². The lowest BCUT2D eigenvalue weighted by atomic mass is 9.84. The molecule has 20 heavy (non-hydrogen) atoms. The number of ether oxygens (including phenoxy) is 1. The highest BCUT2D eigenvalue weighted by molar-refractivity contribution is 5.82. The minimum Gasteiger partial charge on any atom is -0.425 e. The number of likely N-dealkylation sites (N-methyl/N-ethyl adjacent to an activating group) is 1. The van der Waals surface area contributed by atoms with Gasteiger partial charge < -0.3 is 9.84 Å². The first-order valence-electron chi connectivity index (χ1n) is 7.38. The number of aliphatic hydroxyl groups excluding tert-OH is 1. The summed E-state index contributed by atoms with van der Waals surface area (Å²) in [5, 5.41) is 9.12. The van der Waals surface area contributed by atoms with Crippen molar-refractivity contribution in [3.63, 3.8) is 0 Å². The van der Waals surface area contributed by atoms with Gasteiger partial charge in [0.25, 0.3) is 0 Å². The van der Waals surface area contributed by atoms with Crippen LogP contribution in [0.3, 0.4) is 0 Å². The number of aliphatic hydroxyl groups is 1. The fourth-order valence-corrected chi connectivity index (χ4v) is 3.03. The first-order chi connectivity index (χ1) is 9.72. The van der Waals surface area contributed by atoms with Crippen LogP contribution in [0.25, 0.3) is 0 Å². The van der Waals surface area contributed by atoms with Crippen molar-refractivity contribution in [3.8, 4) is 5.75 Å². The predicted octanol–water partition coefficient (Wildman–Crippen LogP) is 2.17. The number of carbonyl (C=O) groups excluding carboxylic acids is 1. The van der Waals surface area contributed by atoms with Crippen LogP contribution in [0.5, 0.6) is 5.75 Å². The van der Waals surface area contributed by atoms with Gasteiger partial charge in [-0.1, -0.05) is 32.0 Å². The lowest BCUT2D eigenvalue weighted by Crippen LogP contribution is -2.49. The monoisotopic (exact) mass is 277 g/mol. The Balaban J connectivity index is 2.37. The Morgan fingerprint density at radius 3 is 2.60 bits per heavy atom. The standard InChI is InChI=1S/C16H23NO3/c1-3-17(4-2)15-13(9-7-11-18)12-8-5-6-10-14(12)20-16(15)19/h5-6,8,10,13,15,18H,3-4,7,9,11H2,1-2H3. The predicted molar refractivity (Wildman–Crippen MR) is 77.8 cm³/mol. The van der Waals surface area contributed by atoms with Gasteiger partial charge in [-0.05, 0) is 32.0 Å². The van der Waals surface area contributed by atoms with Crippen molar-refractivity contribution in [2.75, 3.05) is 19.7 Å². The fourth-order valence-electron chi connectivity index (χ4n) is 3.03. The molecule has 1 aliphatic rings. The molecule has 0 aromatic heterocycles. The molecule has 0 spiro atoms. The number of rotatable bonds is 6. The molecule has 1 N–H and O–H groups in total. The summed E-state index contributed by atoms with van der Waals surface area (Å²) < 4.78 is 5.50. The highest BCUT2D eigenvalue weighted by atomic mass is 16.5. The van der Waals surface area contributed by atoms with Crippen LogP contribution in [0.1, 0.15) is 38.2 Å². The van der Waals surface area contributed by atoms with Crippen LogP contribution in [-0.4, -0.2) is 41.7 Å². The maximum Gasteiger partial charge on any atom is 0.329 e. The zero-order valence-corrected chi connectivity index (χ0v) is 12.2. The van der Waals surface area contributed by atoms with Crippen molar-refractivity contribution in [2.45, 2.75) is 38.6 Å². The summed E-state index contributed by atoms with van der Waals surface area (Å²) in [6.45, 7) is 5.89. The minimum absolute atomic E-state index is 0.0968. The molecule has 4 heteroatoms. The van der Waals surface area contributed by atoms with Gasteiger partial charge in [0, 0.05) is 18.1 Å². The zero-order chi connectivity index (χ0) is 14.5. The average Bonchev–Trinajstić information content (AvgIpc) is 2.47. The molecule has 2 unspecified atom stereocenters. The van der Waals surface area contributed by atoms with Crippen molar-refractivity contribution >= 4 is 5.97 Å². The third-order valence-electron chi connectivity index (χ3n) is 4.03. The van der Waals surface area contributed by atoms with Crippen LogP contribution in [0, 0.1) is 0 Å². The lowest BCUT2D eigenvalue weighted by molar-refractivity contribution is -0.143. The summed E-state index contributed by atoms with van der Waals surface area (Å²) in [6, 6.07) is 7.49. The van der Waals surface area contributed by atoms with Gasteiger partial charge in [-0.25, -0.2) is 4.79 Å². The summed E-state index contributed by atoms with van der Waals surface area (Å²) in [5.74, 6) is 0.596. The van der Waals surface area contributed by atoms with Crippen molar-refractivity contribution < 1.29 is 14.6 Å². The van der Waals surface area contributed by atoms with E-state index in [0.29, 0.717) is 12.2 Å². The van der Waals surface area contributed by atoms with Crippen molar-refractivity contribution in [1.82, 2.24) is 4.90 Å². The number of hydrogen-bond acceptors (Lipinski definition) is 4. The van der Waals surface area contributed by atoms with Gasteiger partial charge in [-0.15, -0.1) is 0 Å². The van der Waals surface area contributed by atoms with E-state index in [2.05, 4.69) is 18.7 Å². The van der Waals surface area contributed by atoms with Crippen LogP contribution in [0.15, 0.2) is 24.3 Å². The summed E-state index contributed by atoms with van der Waals surface area (Å²) in [5.41, 5.74) is 1.08. The number of esters is 1. The molecule has 1 aromatic rings. The molecule has 0 saturated heterocycles. The third-order valence-corrected chi connectivity index (χ3v) is 4.03. The van der Waals surface area contributed by atoms with E-state index < -0.39 is 0 Å². The molecule has 110 valence electrons. The van der Waals surface area contributed by atoms with Gasteiger partial charge in [-0.2, -0.15) is 0 Å². The van der Waals surface area contributed by atoms with Crippen molar-refractivity contribution in [3.05, 3.63) is 29.8 Å². The number of fused-ring (bicyclic) bond motifs is 1. The largest absolute Gasteiger partial charge is 0.425 e. The molecule has 0 bridgehead atoms.